The maximum atomic E-state index is 12.4. The number of piperazine rings is 1. The molecule has 1 fully saturated rings. The molecule has 7 heteroatoms. The van der Waals surface area contributed by atoms with E-state index in [1.165, 1.54) is 0 Å². The minimum absolute atomic E-state index is 0.345. The van der Waals surface area contributed by atoms with Gasteiger partial charge < -0.3 is 4.90 Å². The van der Waals surface area contributed by atoms with Crippen LogP contribution in [0.15, 0.2) is 16.3 Å². The molecule has 1 aromatic rings. The molecular formula is C13H21ClN2O2S2. The van der Waals surface area contributed by atoms with Crippen LogP contribution < -0.4 is 0 Å². The molecule has 1 saturated heterocycles. The average molecular weight is 337 g/mol. The van der Waals surface area contributed by atoms with Gasteiger partial charge >= 0.3 is 0 Å². The molecule has 1 aliphatic heterocycles. The maximum absolute atomic E-state index is 12.4. The highest BCUT2D eigenvalue weighted by molar-refractivity contribution is 7.91. The zero-order valence-electron chi connectivity index (χ0n) is 11.9. The molecule has 20 heavy (non-hydrogen) atoms. The monoisotopic (exact) mass is 336 g/mol. The number of rotatable bonds is 5. The van der Waals surface area contributed by atoms with Crippen molar-refractivity contribution in [3.8, 4) is 0 Å². The van der Waals surface area contributed by atoms with Gasteiger partial charge in [-0.15, -0.1) is 11.3 Å². The first-order valence-electron chi connectivity index (χ1n) is 6.87. The van der Waals surface area contributed by atoms with Crippen molar-refractivity contribution in [2.45, 2.75) is 24.5 Å². The van der Waals surface area contributed by atoms with Crippen molar-refractivity contribution < 1.29 is 8.42 Å². The predicted molar refractivity (Wildman–Crippen MR) is 84.0 cm³/mol. The number of sulfonamides is 1. The summed E-state index contributed by atoms with van der Waals surface area (Å²) in [6.07, 6.45) is 1.16. The minimum Gasteiger partial charge on any atom is -0.301 e. The highest BCUT2D eigenvalue weighted by atomic mass is 35.5. The minimum atomic E-state index is -3.36. The van der Waals surface area contributed by atoms with Crippen molar-refractivity contribution in [3.05, 3.63) is 16.5 Å². The lowest BCUT2D eigenvalue weighted by Gasteiger charge is -2.33. The normalized spacial score (nSPS) is 18.8. The Hall–Kier alpha value is -0.140. The molecule has 0 spiro atoms. The summed E-state index contributed by atoms with van der Waals surface area (Å²) in [6.45, 7) is 8.22. The Kier molecular flexibility index (Phi) is 5.48. The lowest BCUT2D eigenvalue weighted by atomic mass is 10.1. The molecule has 0 aliphatic carbocycles. The van der Waals surface area contributed by atoms with Gasteiger partial charge in [-0.05, 0) is 31.0 Å². The predicted octanol–water partition coefficient (Wildman–Crippen LogP) is 2.75. The molecule has 4 nitrogen and oxygen atoms in total. The van der Waals surface area contributed by atoms with Crippen LogP contribution >= 0.6 is 22.9 Å². The summed E-state index contributed by atoms with van der Waals surface area (Å²) >= 11 is 6.95. The summed E-state index contributed by atoms with van der Waals surface area (Å²) in [5.41, 5.74) is 0. The second kappa shape index (κ2) is 6.75. The van der Waals surface area contributed by atoms with Gasteiger partial charge in [-0.2, -0.15) is 4.31 Å². The molecule has 1 aromatic heterocycles. The Morgan fingerprint density at radius 1 is 1.25 bits per heavy atom. The van der Waals surface area contributed by atoms with Crippen LogP contribution in [-0.4, -0.2) is 50.3 Å². The lowest BCUT2D eigenvalue weighted by Crippen LogP contribution is -2.48. The standard InChI is InChI=1S/C13H21ClN2O2S2/c1-11(2)5-6-15-7-9-16(10-8-15)20(17,18)13-4-3-12(14)19-13/h3-4,11H,5-10H2,1-2H3. The van der Waals surface area contributed by atoms with E-state index in [2.05, 4.69) is 18.7 Å². The summed E-state index contributed by atoms with van der Waals surface area (Å²) in [5.74, 6) is 0.685. The molecule has 0 atom stereocenters. The molecule has 0 N–H and O–H groups in total. The SMILES string of the molecule is CC(C)CCN1CCN(S(=O)(=O)c2ccc(Cl)s2)CC1. The number of hydrogen-bond acceptors (Lipinski definition) is 4. The van der Waals surface area contributed by atoms with E-state index in [0.29, 0.717) is 27.6 Å². The van der Waals surface area contributed by atoms with Crippen molar-refractivity contribution >= 4 is 33.0 Å². The third-order valence-electron chi connectivity index (χ3n) is 3.50. The zero-order valence-corrected chi connectivity index (χ0v) is 14.3. The van der Waals surface area contributed by atoms with Gasteiger partial charge in [-0.25, -0.2) is 8.42 Å². The van der Waals surface area contributed by atoms with Gasteiger partial charge in [0.2, 0.25) is 0 Å². The first kappa shape index (κ1) is 16.2. The van der Waals surface area contributed by atoms with E-state index < -0.39 is 10.0 Å². The third-order valence-corrected chi connectivity index (χ3v) is 7.09. The van der Waals surface area contributed by atoms with Crippen molar-refractivity contribution in [3.63, 3.8) is 0 Å². The van der Waals surface area contributed by atoms with E-state index >= 15 is 0 Å². The van der Waals surface area contributed by atoms with E-state index in [1.54, 1.807) is 16.4 Å². The fourth-order valence-electron chi connectivity index (χ4n) is 2.20. The molecule has 2 rings (SSSR count). The van der Waals surface area contributed by atoms with Gasteiger partial charge in [0.1, 0.15) is 4.21 Å². The fraction of sp³-hybridized carbons (Fsp3) is 0.692. The Bertz CT molecular complexity index is 534. The molecule has 0 unspecified atom stereocenters. The van der Waals surface area contributed by atoms with Crippen LogP contribution in [0, 0.1) is 5.92 Å². The van der Waals surface area contributed by atoms with Crippen molar-refractivity contribution in [2.24, 2.45) is 5.92 Å². The molecular weight excluding hydrogens is 316 g/mol. The van der Waals surface area contributed by atoms with Crippen LogP contribution in [0.3, 0.4) is 0 Å². The molecule has 0 bridgehead atoms. The lowest BCUT2D eigenvalue weighted by molar-refractivity contribution is 0.181. The third kappa shape index (κ3) is 3.95. The molecule has 1 aliphatic rings. The number of nitrogens with zero attached hydrogens (tertiary/aromatic N) is 2. The summed E-state index contributed by atoms with van der Waals surface area (Å²) in [5, 5.41) is 0. The Labute approximate surface area is 130 Å². The Morgan fingerprint density at radius 3 is 2.40 bits per heavy atom. The maximum Gasteiger partial charge on any atom is 0.252 e. The first-order valence-corrected chi connectivity index (χ1v) is 9.51. The van der Waals surface area contributed by atoms with Gasteiger partial charge in [0.05, 0.1) is 4.34 Å². The van der Waals surface area contributed by atoms with Crippen molar-refractivity contribution in [1.29, 1.82) is 0 Å². The molecule has 2 heterocycles. The first-order chi connectivity index (χ1) is 9.39. The summed E-state index contributed by atoms with van der Waals surface area (Å²) in [4.78, 5) is 2.34. The topological polar surface area (TPSA) is 40.6 Å². The highest BCUT2D eigenvalue weighted by Gasteiger charge is 2.29. The Balaban J connectivity index is 1.93. The smallest absolute Gasteiger partial charge is 0.252 e. The van der Waals surface area contributed by atoms with Crippen LogP contribution in [0.4, 0.5) is 0 Å². The van der Waals surface area contributed by atoms with E-state index in [1.807, 2.05) is 0 Å². The quantitative estimate of drug-likeness (QED) is 0.830. The van der Waals surface area contributed by atoms with Crippen LogP contribution in [0.2, 0.25) is 4.34 Å². The molecule has 0 radical (unpaired) electrons. The van der Waals surface area contributed by atoms with Gasteiger partial charge in [0.15, 0.2) is 0 Å². The van der Waals surface area contributed by atoms with Gasteiger partial charge in [-0.1, -0.05) is 25.4 Å². The van der Waals surface area contributed by atoms with E-state index in [9.17, 15) is 8.42 Å². The molecule has 114 valence electrons. The van der Waals surface area contributed by atoms with Crippen molar-refractivity contribution in [2.75, 3.05) is 32.7 Å². The van der Waals surface area contributed by atoms with Crippen LogP contribution in [0.1, 0.15) is 20.3 Å². The second-order valence-corrected chi connectivity index (χ2v) is 9.37. The number of hydrogen-bond donors (Lipinski definition) is 0. The average Bonchev–Trinajstić information content (AvgIpc) is 2.84. The van der Waals surface area contributed by atoms with Gasteiger partial charge in [-0.3, -0.25) is 0 Å². The van der Waals surface area contributed by atoms with Crippen molar-refractivity contribution in [1.82, 2.24) is 9.21 Å². The molecule has 0 saturated carbocycles. The second-order valence-electron chi connectivity index (χ2n) is 5.49. The van der Waals surface area contributed by atoms with Crippen LogP contribution in [-0.2, 0) is 10.0 Å². The van der Waals surface area contributed by atoms with E-state index in [0.717, 1.165) is 37.4 Å². The van der Waals surface area contributed by atoms with E-state index in [4.69, 9.17) is 11.6 Å². The Morgan fingerprint density at radius 2 is 1.90 bits per heavy atom. The largest absolute Gasteiger partial charge is 0.301 e. The number of halogens is 1. The van der Waals surface area contributed by atoms with Crippen LogP contribution in [0.5, 0.6) is 0 Å². The zero-order chi connectivity index (χ0) is 14.8. The van der Waals surface area contributed by atoms with E-state index in [-0.39, 0.29) is 0 Å². The van der Waals surface area contributed by atoms with Gasteiger partial charge in [0, 0.05) is 26.2 Å². The van der Waals surface area contributed by atoms with Gasteiger partial charge in [0.25, 0.3) is 10.0 Å². The highest BCUT2D eigenvalue weighted by Crippen LogP contribution is 2.28. The molecule has 0 amide bonds. The molecule has 0 aromatic carbocycles. The summed E-state index contributed by atoms with van der Waals surface area (Å²) in [7, 11) is -3.36. The van der Waals surface area contributed by atoms with Crippen LogP contribution in [0.25, 0.3) is 0 Å². The summed E-state index contributed by atoms with van der Waals surface area (Å²) in [6, 6.07) is 3.23. The number of thiophene rings is 1. The summed E-state index contributed by atoms with van der Waals surface area (Å²) < 4.78 is 27.3. The fourth-order valence-corrected chi connectivity index (χ4v) is 5.26.